The third-order valence-corrected chi connectivity index (χ3v) is 6.55. The first-order valence-corrected chi connectivity index (χ1v) is 11.6. The maximum absolute atomic E-state index is 12.4. The number of amides is 2. The summed E-state index contributed by atoms with van der Waals surface area (Å²) < 4.78 is 32.0. The second kappa shape index (κ2) is 10.2. The van der Waals surface area contributed by atoms with E-state index in [1.165, 1.54) is 30.6 Å². The van der Waals surface area contributed by atoms with Gasteiger partial charge < -0.3 is 15.4 Å². The zero-order valence-electron chi connectivity index (χ0n) is 16.6. The van der Waals surface area contributed by atoms with Crippen LogP contribution in [0, 0.1) is 0 Å². The van der Waals surface area contributed by atoms with Gasteiger partial charge in [0.25, 0.3) is 11.8 Å². The molecule has 1 heterocycles. The number of rotatable bonds is 9. The zero-order chi connectivity index (χ0) is 22.3. The quantitative estimate of drug-likeness (QED) is 0.426. The Balaban J connectivity index is 1.50. The molecule has 0 saturated carbocycles. The summed E-state index contributed by atoms with van der Waals surface area (Å²) in [5.41, 5.74) is 0.841. The van der Waals surface area contributed by atoms with Gasteiger partial charge >= 0.3 is 0 Å². The lowest BCUT2D eigenvalue weighted by Crippen LogP contribution is -2.34. The van der Waals surface area contributed by atoms with Crippen LogP contribution in [0.2, 0.25) is 0 Å². The number of carbonyl (C=O) groups excluding carboxylic acids is 2. The number of thiophene rings is 1. The van der Waals surface area contributed by atoms with Crippen molar-refractivity contribution in [3.05, 3.63) is 76.5 Å². The van der Waals surface area contributed by atoms with Crippen molar-refractivity contribution in [2.75, 3.05) is 25.5 Å². The van der Waals surface area contributed by atoms with Crippen LogP contribution in [0.1, 0.15) is 20.0 Å². The molecule has 0 fully saturated rings. The van der Waals surface area contributed by atoms with E-state index in [4.69, 9.17) is 4.74 Å². The Morgan fingerprint density at radius 3 is 2.42 bits per heavy atom. The second-order valence-corrected chi connectivity index (χ2v) is 9.06. The van der Waals surface area contributed by atoms with Gasteiger partial charge in [-0.05, 0) is 53.9 Å². The van der Waals surface area contributed by atoms with Gasteiger partial charge in [0.1, 0.15) is 5.75 Å². The van der Waals surface area contributed by atoms with Gasteiger partial charge in [-0.15, -0.1) is 11.3 Å². The maximum Gasteiger partial charge on any atom is 0.265 e. The number of nitrogens with one attached hydrogen (secondary N) is 3. The van der Waals surface area contributed by atoms with Crippen LogP contribution in [0.4, 0.5) is 5.69 Å². The van der Waals surface area contributed by atoms with E-state index in [-0.39, 0.29) is 29.8 Å². The molecule has 10 heteroatoms. The molecule has 0 radical (unpaired) electrons. The highest BCUT2D eigenvalue weighted by molar-refractivity contribution is 7.89. The summed E-state index contributed by atoms with van der Waals surface area (Å²) in [6, 6.07) is 16.0. The third kappa shape index (κ3) is 6.14. The fraction of sp³-hybridized carbons (Fsp3) is 0.143. The zero-order valence-corrected chi connectivity index (χ0v) is 18.3. The minimum absolute atomic E-state index is 0.0227. The molecule has 0 saturated heterocycles. The number of anilines is 1. The van der Waals surface area contributed by atoms with Gasteiger partial charge in [-0.25, -0.2) is 13.1 Å². The molecule has 31 heavy (non-hydrogen) atoms. The number of sulfonamides is 1. The molecule has 3 rings (SSSR count). The summed E-state index contributed by atoms with van der Waals surface area (Å²) in [5.74, 6) is -0.0728. The average Bonchev–Trinajstić information content (AvgIpc) is 3.32. The van der Waals surface area contributed by atoms with Gasteiger partial charge in [0, 0.05) is 24.3 Å². The van der Waals surface area contributed by atoms with E-state index in [0.29, 0.717) is 21.9 Å². The molecule has 162 valence electrons. The lowest BCUT2D eigenvalue weighted by Gasteiger charge is -2.10. The predicted octanol–water partition coefficient (Wildman–Crippen LogP) is 2.72. The molecule has 2 aromatic carbocycles. The smallest absolute Gasteiger partial charge is 0.265 e. The molecule has 3 aromatic rings. The summed E-state index contributed by atoms with van der Waals surface area (Å²) in [5, 5.41) is 7.20. The minimum Gasteiger partial charge on any atom is -0.497 e. The van der Waals surface area contributed by atoms with Crippen molar-refractivity contribution in [1.82, 2.24) is 10.0 Å². The Hall–Kier alpha value is -3.21. The maximum atomic E-state index is 12.4. The van der Waals surface area contributed by atoms with Crippen molar-refractivity contribution < 1.29 is 22.7 Å². The van der Waals surface area contributed by atoms with E-state index >= 15 is 0 Å². The first-order chi connectivity index (χ1) is 14.9. The summed E-state index contributed by atoms with van der Waals surface area (Å²) in [6.07, 6.45) is 0. The third-order valence-electron chi connectivity index (χ3n) is 4.20. The highest BCUT2D eigenvalue weighted by Crippen LogP contribution is 2.16. The highest BCUT2D eigenvalue weighted by Gasteiger charge is 2.14. The Morgan fingerprint density at radius 2 is 1.74 bits per heavy atom. The van der Waals surface area contributed by atoms with E-state index in [1.54, 1.807) is 48.5 Å². The number of methoxy groups -OCH3 is 1. The number of benzene rings is 2. The predicted molar refractivity (Wildman–Crippen MR) is 119 cm³/mol. The Morgan fingerprint density at radius 1 is 0.968 bits per heavy atom. The topological polar surface area (TPSA) is 114 Å². The Bertz CT molecular complexity index is 1140. The van der Waals surface area contributed by atoms with Gasteiger partial charge in [0.2, 0.25) is 10.0 Å². The largest absolute Gasteiger partial charge is 0.497 e. The minimum atomic E-state index is -3.69. The molecule has 0 unspecified atom stereocenters. The second-order valence-electron chi connectivity index (χ2n) is 6.34. The number of carbonyl (C=O) groups is 2. The normalized spacial score (nSPS) is 11.0. The van der Waals surface area contributed by atoms with E-state index in [0.717, 1.165) is 0 Å². The molecule has 0 bridgehead atoms. The van der Waals surface area contributed by atoms with Gasteiger partial charge in [-0.2, -0.15) is 0 Å². The molecule has 0 atom stereocenters. The summed E-state index contributed by atoms with van der Waals surface area (Å²) >= 11 is 1.32. The van der Waals surface area contributed by atoms with E-state index in [2.05, 4.69) is 15.4 Å². The molecule has 2 amide bonds. The molecule has 0 spiro atoms. The fourth-order valence-corrected chi connectivity index (χ4v) is 4.29. The van der Waals surface area contributed by atoms with Gasteiger partial charge in [0.15, 0.2) is 0 Å². The van der Waals surface area contributed by atoms with Crippen molar-refractivity contribution in [1.29, 1.82) is 0 Å². The first-order valence-electron chi connectivity index (χ1n) is 9.26. The summed E-state index contributed by atoms with van der Waals surface area (Å²) in [7, 11) is -2.20. The molecular formula is C21H21N3O5S2. The standard InChI is InChI=1S/C21H21N3O5S2/c1-29-17-7-9-18(10-8-17)31(27,28)23-12-11-22-20(25)15-4-2-5-16(14-15)24-21(26)19-6-3-13-30-19/h2-10,13-14,23H,11-12H2,1H3,(H,22,25)(H,24,26). The van der Waals surface area contributed by atoms with Crippen LogP contribution < -0.4 is 20.1 Å². The molecule has 3 N–H and O–H groups in total. The molecule has 8 nitrogen and oxygen atoms in total. The van der Waals surface area contributed by atoms with Crippen molar-refractivity contribution in [3.8, 4) is 5.75 Å². The first kappa shape index (κ1) is 22.5. The van der Waals surface area contributed by atoms with Crippen LogP contribution in [-0.4, -0.2) is 40.4 Å². The van der Waals surface area contributed by atoms with E-state index in [9.17, 15) is 18.0 Å². The summed E-state index contributed by atoms with van der Waals surface area (Å²) in [4.78, 5) is 25.2. The number of ether oxygens (including phenoxy) is 1. The lowest BCUT2D eigenvalue weighted by atomic mass is 10.2. The fourth-order valence-electron chi connectivity index (χ4n) is 2.64. The SMILES string of the molecule is COc1ccc(S(=O)(=O)NCCNC(=O)c2cccc(NC(=O)c3cccs3)c2)cc1. The highest BCUT2D eigenvalue weighted by atomic mass is 32.2. The number of hydrogen-bond donors (Lipinski definition) is 3. The molecule has 1 aromatic heterocycles. The van der Waals surface area contributed by atoms with Crippen LogP contribution in [0.3, 0.4) is 0 Å². The molecule has 0 aliphatic heterocycles. The van der Waals surface area contributed by atoms with Crippen LogP contribution in [0.15, 0.2) is 70.9 Å². The van der Waals surface area contributed by atoms with Crippen molar-refractivity contribution in [3.63, 3.8) is 0 Å². The van der Waals surface area contributed by atoms with Crippen molar-refractivity contribution in [2.45, 2.75) is 4.90 Å². The monoisotopic (exact) mass is 459 g/mol. The summed E-state index contributed by atoms with van der Waals surface area (Å²) in [6.45, 7) is 0.120. The van der Waals surface area contributed by atoms with E-state index in [1.807, 2.05) is 5.38 Å². The van der Waals surface area contributed by atoms with Gasteiger partial charge in [-0.1, -0.05) is 12.1 Å². The molecule has 0 aliphatic rings. The van der Waals surface area contributed by atoms with Crippen molar-refractivity contribution >= 4 is 38.9 Å². The molecular weight excluding hydrogens is 438 g/mol. The van der Waals surface area contributed by atoms with Crippen molar-refractivity contribution in [2.24, 2.45) is 0 Å². The van der Waals surface area contributed by atoms with Crippen LogP contribution in [0.25, 0.3) is 0 Å². The Labute approximate surface area is 184 Å². The van der Waals surface area contributed by atoms with Crippen LogP contribution in [0.5, 0.6) is 5.75 Å². The van der Waals surface area contributed by atoms with Crippen LogP contribution in [-0.2, 0) is 10.0 Å². The van der Waals surface area contributed by atoms with E-state index < -0.39 is 10.0 Å². The van der Waals surface area contributed by atoms with Gasteiger partial charge in [0.05, 0.1) is 16.9 Å². The average molecular weight is 460 g/mol. The molecule has 0 aliphatic carbocycles. The Kier molecular flexibility index (Phi) is 7.40. The van der Waals surface area contributed by atoms with Crippen LogP contribution >= 0.6 is 11.3 Å². The lowest BCUT2D eigenvalue weighted by molar-refractivity contribution is 0.0953. The number of hydrogen-bond acceptors (Lipinski definition) is 6. The van der Waals surface area contributed by atoms with Gasteiger partial charge in [-0.3, -0.25) is 9.59 Å².